The quantitative estimate of drug-likeness (QED) is 0.694. The van der Waals surface area contributed by atoms with E-state index in [4.69, 9.17) is 4.74 Å². The number of hydrogen-bond donors (Lipinski definition) is 1. The van der Waals surface area contributed by atoms with Crippen LogP contribution in [-0.2, 0) is 0 Å². The van der Waals surface area contributed by atoms with Gasteiger partial charge < -0.3 is 10.1 Å². The van der Waals surface area contributed by atoms with Crippen molar-refractivity contribution in [2.75, 3.05) is 13.1 Å². The maximum atomic E-state index is 5.50. The molecule has 1 N–H and O–H groups in total. The fourth-order valence-electron chi connectivity index (χ4n) is 1.09. The van der Waals surface area contributed by atoms with Crippen molar-refractivity contribution in [3.63, 3.8) is 0 Å². The summed E-state index contributed by atoms with van der Waals surface area (Å²) in [6.45, 7) is 1.98. The molecule has 0 aliphatic carbocycles. The number of hydrogen-bond acceptors (Lipinski definition) is 5. The molecule has 2 heterocycles. The largest absolute Gasteiger partial charge is 0.464 e. The van der Waals surface area contributed by atoms with Gasteiger partial charge in [-0.1, -0.05) is 0 Å². The summed E-state index contributed by atoms with van der Waals surface area (Å²) in [4.78, 5) is 3.94. The van der Waals surface area contributed by atoms with E-state index in [1.165, 1.54) is 17.9 Å². The number of nitrogens with zero attached hydrogens (tertiary/aromatic N) is 2. The topological polar surface area (TPSA) is 47.0 Å². The molecule has 5 heteroatoms. The second-order valence-electron chi connectivity index (χ2n) is 2.44. The molecular weight excluding hydrogens is 162 g/mol. The Hall–Kier alpha value is -0.680. The van der Waals surface area contributed by atoms with E-state index >= 15 is 0 Å². The van der Waals surface area contributed by atoms with Gasteiger partial charge in [-0.05, 0) is 13.0 Å². The number of rotatable bonds is 2. The fraction of sp³-hybridized carbons (Fsp3) is 0.667. The monoisotopic (exact) mass is 171 g/mol. The van der Waals surface area contributed by atoms with E-state index in [2.05, 4.69) is 14.7 Å². The molecule has 1 aromatic rings. The third-order valence-corrected chi connectivity index (χ3v) is 2.18. The Bertz CT molecular complexity index is 208. The van der Waals surface area contributed by atoms with E-state index in [0.29, 0.717) is 11.3 Å². The molecule has 1 aromatic heterocycles. The van der Waals surface area contributed by atoms with Crippen LogP contribution in [0.1, 0.15) is 6.42 Å². The maximum absolute atomic E-state index is 5.50. The first-order valence-electron chi connectivity index (χ1n) is 3.59. The maximum Gasteiger partial charge on any atom is 0.293 e. The Balaban J connectivity index is 1.90. The molecule has 1 aliphatic heterocycles. The predicted molar refractivity (Wildman–Crippen MR) is 41.8 cm³/mol. The lowest BCUT2D eigenvalue weighted by Gasteiger charge is -2.06. The zero-order chi connectivity index (χ0) is 7.52. The summed E-state index contributed by atoms with van der Waals surface area (Å²) in [5.41, 5.74) is 0. The highest BCUT2D eigenvalue weighted by Gasteiger charge is 2.16. The zero-order valence-corrected chi connectivity index (χ0v) is 6.80. The molecule has 1 aliphatic rings. The molecule has 0 saturated carbocycles. The minimum absolute atomic E-state index is 0.294. The van der Waals surface area contributed by atoms with Gasteiger partial charge in [0.2, 0.25) is 0 Å². The SMILES string of the molecule is c1nsc(OC2CCNC2)n1. The van der Waals surface area contributed by atoms with Crippen LogP contribution in [0.3, 0.4) is 0 Å². The molecule has 1 atom stereocenters. The molecule has 1 saturated heterocycles. The van der Waals surface area contributed by atoms with Crippen molar-refractivity contribution in [1.82, 2.24) is 14.7 Å². The highest BCUT2D eigenvalue weighted by molar-refractivity contribution is 7.07. The van der Waals surface area contributed by atoms with Gasteiger partial charge in [-0.3, -0.25) is 0 Å². The second kappa shape index (κ2) is 3.15. The first-order chi connectivity index (χ1) is 5.45. The van der Waals surface area contributed by atoms with E-state index in [1.54, 1.807) is 0 Å². The average molecular weight is 171 g/mol. The van der Waals surface area contributed by atoms with Crippen LogP contribution in [0, 0.1) is 0 Å². The lowest BCUT2D eigenvalue weighted by Crippen LogP contribution is -2.19. The smallest absolute Gasteiger partial charge is 0.293 e. The van der Waals surface area contributed by atoms with Crippen molar-refractivity contribution in [1.29, 1.82) is 0 Å². The van der Waals surface area contributed by atoms with E-state index in [1.807, 2.05) is 0 Å². The zero-order valence-electron chi connectivity index (χ0n) is 5.99. The first kappa shape index (κ1) is 7.00. The van der Waals surface area contributed by atoms with Gasteiger partial charge in [-0.2, -0.15) is 9.36 Å². The van der Waals surface area contributed by atoms with Crippen molar-refractivity contribution in [3.8, 4) is 5.19 Å². The first-order valence-corrected chi connectivity index (χ1v) is 4.36. The molecular formula is C6H9N3OS. The summed E-state index contributed by atoms with van der Waals surface area (Å²) >= 11 is 1.30. The second-order valence-corrected chi connectivity index (χ2v) is 3.18. The molecule has 0 aromatic carbocycles. The van der Waals surface area contributed by atoms with Crippen molar-refractivity contribution in [2.24, 2.45) is 0 Å². The molecule has 0 amide bonds. The van der Waals surface area contributed by atoms with E-state index < -0.39 is 0 Å². The Morgan fingerprint density at radius 3 is 3.36 bits per heavy atom. The summed E-state index contributed by atoms with van der Waals surface area (Å²) in [5.74, 6) is 0. The van der Waals surface area contributed by atoms with Crippen LogP contribution >= 0.6 is 11.5 Å². The Morgan fingerprint density at radius 1 is 1.73 bits per heavy atom. The lowest BCUT2D eigenvalue weighted by atomic mass is 10.3. The molecule has 0 bridgehead atoms. The molecule has 11 heavy (non-hydrogen) atoms. The molecule has 2 rings (SSSR count). The van der Waals surface area contributed by atoms with Gasteiger partial charge >= 0.3 is 0 Å². The van der Waals surface area contributed by atoms with Crippen LogP contribution in [0.15, 0.2) is 6.33 Å². The normalized spacial score (nSPS) is 23.8. The predicted octanol–water partition coefficient (Wildman–Crippen LogP) is 0.279. The minimum atomic E-state index is 0.294. The summed E-state index contributed by atoms with van der Waals surface area (Å²) in [6, 6.07) is 0. The Kier molecular flexibility index (Phi) is 2.00. The van der Waals surface area contributed by atoms with Gasteiger partial charge in [-0.25, -0.2) is 0 Å². The van der Waals surface area contributed by atoms with Gasteiger partial charge in [0.05, 0.1) is 0 Å². The van der Waals surface area contributed by atoms with Gasteiger partial charge in [0.15, 0.2) is 0 Å². The molecule has 0 radical (unpaired) electrons. The van der Waals surface area contributed by atoms with Crippen LogP contribution < -0.4 is 10.1 Å². The third kappa shape index (κ3) is 1.66. The Labute approximate surface area is 68.8 Å². The van der Waals surface area contributed by atoms with Crippen LogP contribution in [0.2, 0.25) is 0 Å². The summed E-state index contributed by atoms with van der Waals surface area (Å²) in [5, 5.41) is 3.90. The van der Waals surface area contributed by atoms with Crippen molar-refractivity contribution in [3.05, 3.63) is 6.33 Å². The molecule has 1 fully saturated rings. The van der Waals surface area contributed by atoms with Gasteiger partial charge in [0.25, 0.3) is 5.19 Å². The third-order valence-electron chi connectivity index (χ3n) is 1.62. The molecule has 60 valence electrons. The minimum Gasteiger partial charge on any atom is -0.464 e. The number of nitrogens with one attached hydrogen (secondary N) is 1. The van der Waals surface area contributed by atoms with Crippen LogP contribution in [-0.4, -0.2) is 28.6 Å². The number of ether oxygens (including phenoxy) is 1. The van der Waals surface area contributed by atoms with Gasteiger partial charge in [-0.15, -0.1) is 0 Å². The van der Waals surface area contributed by atoms with Crippen LogP contribution in [0.5, 0.6) is 5.19 Å². The average Bonchev–Trinajstić information content (AvgIpc) is 2.60. The summed E-state index contributed by atoms with van der Waals surface area (Å²) < 4.78 is 9.35. The fourth-order valence-corrected chi connectivity index (χ4v) is 1.54. The Morgan fingerprint density at radius 2 is 2.73 bits per heavy atom. The standard InChI is InChI=1S/C6H9N3OS/c1-2-7-3-5(1)10-6-8-4-9-11-6/h4-5,7H,1-3H2. The summed E-state index contributed by atoms with van der Waals surface area (Å²) in [6.07, 6.45) is 2.88. The molecule has 4 nitrogen and oxygen atoms in total. The lowest BCUT2D eigenvalue weighted by molar-refractivity contribution is 0.222. The molecule has 0 spiro atoms. The van der Waals surface area contributed by atoms with Crippen molar-refractivity contribution < 1.29 is 4.74 Å². The van der Waals surface area contributed by atoms with E-state index in [-0.39, 0.29) is 0 Å². The van der Waals surface area contributed by atoms with Crippen LogP contribution in [0.4, 0.5) is 0 Å². The van der Waals surface area contributed by atoms with Gasteiger partial charge in [0.1, 0.15) is 12.4 Å². The van der Waals surface area contributed by atoms with Crippen molar-refractivity contribution in [2.45, 2.75) is 12.5 Å². The van der Waals surface area contributed by atoms with Crippen molar-refractivity contribution >= 4 is 11.5 Å². The summed E-state index contributed by atoms with van der Waals surface area (Å²) in [7, 11) is 0. The van der Waals surface area contributed by atoms with E-state index in [9.17, 15) is 0 Å². The highest BCUT2D eigenvalue weighted by atomic mass is 32.1. The molecule has 1 unspecified atom stereocenters. The van der Waals surface area contributed by atoms with Crippen LogP contribution in [0.25, 0.3) is 0 Å². The highest BCUT2D eigenvalue weighted by Crippen LogP contribution is 2.14. The number of aromatic nitrogens is 2. The van der Waals surface area contributed by atoms with Gasteiger partial charge in [0, 0.05) is 18.1 Å². The van der Waals surface area contributed by atoms with E-state index in [0.717, 1.165) is 19.5 Å².